The van der Waals surface area contributed by atoms with Gasteiger partial charge in [-0.3, -0.25) is 9.59 Å². The summed E-state index contributed by atoms with van der Waals surface area (Å²) >= 11 is 2.96. The summed E-state index contributed by atoms with van der Waals surface area (Å²) in [6, 6.07) is 0. The number of carboxylic acids is 2. The van der Waals surface area contributed by atoms with E-state index in [0.29, 0.717) is 0 Å². The maximum absolute atomic E-state index is 13.7. The molecule has 0 heterocycles. The number of carbonyl (C=O) groups is 2. The number of halogens is 2. The summed E-state index contributed by atoms with van der Waals surface area (Å²) in [5.74, 6) is -3.89. The third-order valence-corrected chi connectivity index (χ3v) is 3.54. The molecule has 0 saturated carbocycles. The molecule has 88 valence electrons. The van der Waals surface area contributed by atoms with E-state index in [1.165, 1.54) is 13.0 Å². The first kappa shape index (κ1) is 12.9. The average Bonchev–Trinajstić information content (AvgIpc) is 2.12. The van der Waals surface area contributed by atoms with E-state index in [4.69, 9.17) is 10.2 Å². The SMILES string of the molecule is CC1(C(=O)O)C=C(Br)C=C(F)C1(C)C(=O)O. The van der Waals surface area contributed by atoms with Crippen molar-refractivity contribution in [3.8, 4) is 0 Å². The largest absolute Gasteiger partial charge is 0.481 e. The van der Waals surface area contributed by atoms with Gasteiger partial charge >= 0.3 is 11.9 Å². The minimum Gasteiger partial charge on any atom is -0.481 e. The summed E-state index contributed by atoms with van der Waals surface area (Å²) in [5.41, 5.74) is -3.94. The van der Waals surface area contributed by atoms with E-state index in [0.717, 1.165) is 13.0 Å². The molecule has 16 heavy (non-hydrogen) atoms. The van der Waals surface area contributed by atoms with Gasteiger partial charge in [-0.1, -0.05) is 22.0 Å². The molecule has 0 aromatic carbocycles. The second-order valence-electron chi connectivity index (χ2n) is 3.96. The molecule has 2 N–H and O–H groups in total. The summed E-state index contributed by atoms with van der Waals surface area (Å²) < 4.78 is 14.0. The molecule has 2 atom stereocenters. The molecule has 4 nitrogen and oxygen atoms in total. The zero-order valence-corrected chi connectivity index (χ0v) is 10.2. The monoisotopic (exact) mass is 292 g/mol. The lowest BCUT2D eigenvalue weighted by molar-refractivity contribution is -0.165. The van der Waals surface area contributed by atoms with Crippen LogP contribution in [0.3, 0.4) is 0 Å². The van der Waals surface area contributed by atoms with Crippen LogP contribution in [0.15, 0.2) is 22.5 Å². The number of rotatable bonds is 2. The Labute approximate surface area is 99.6 Å². The fraction of sp³-hybridized carbons (Fsp3) is 0.400. The molecule has 0 bridgehead atoms. The van der Waals surface area contributed by atoms with E-state index in [1.807, 2.05) is 0 Å². The first-order valence-corrected chi connectivity index (χ1v) is 5.18. The van der Waals surface area contributed by atoms with Crippen LogP contribution in [0.5, 0.6) is 0 Å². The lowest BCUT2D eigenvalue weighted by atomic mass is 9.62. The molecular formula is C10H10BrFO4. The van der Waals surface area contributed by atoms with E-state index < -0.39 is 28.6 Å². The van der Waals surface area contributed by atoms with E-state index in [1.54, 1.807) is 0 Å². The fourth-order valence-corrected chi connectivity index (χ4v) is 2.23. The van der Waals surface area contributed by atoms with Gasteiger partial charge < -0.3 is 10.2 Å². The van der Waals surface area contributed by atoms with Crippen molar-refractivity contribution in [3.05, 3.63) is 22.5 Å². The van der Waals surface area contributed by atoms with Crippen LogP contribution >= 0.6 is 15.9 Å². The summed E-state index contributed by atoms with van der Waals surface area (Å²) in [4.78, 5) is 22.3. The molecule has 0 aliphatic heterocycles. The Kier molecular flexibility index (Phi) is 2.98. The first-order chi connectivity index (χ1) is 7.16. The van der Waals surface area contributed by atoms with E-state index in [9.17, 15) is 14.0 Å². The fourth-order valence-electron chi connectivity index (χ4n) is 1.58. The molecule has 0 spiro atoms. The second kappa shape index (κ2) is 3.69. The lowest BCUT2D eigenvalue weighted by Crippen LogP contribution is -2.49. The molecule has 1 aliphatic carbocycles. The van der Waals surface area contributed by atoms with Crippen molar-refractivity contribution >= 4 is 27.9 Å². The van der Waals surface area contributed by atoms with E-state index in [-0.39, 0.29) is 4.48 Å². The van der Waals surface area contributed by atoms with Crippen LogP contribution in [-0.4, -0.2) is 22.2 Å². The van der Waals surface area contributed by atoms with Crippen LogP contribution in [-0.2, 0) is 9.59 Å². The Morgan fingerprint density at radius 3 is 2.19 bits per heavy atom. The van der Waals surface area contributed by atoms with Crippen molar-refractivity contribution in [2.75, 3.05) is 0 Å². The molecule has 1 aliphatic rings. The van der Waals surface area contributed by atoms with Crippen molar-refractivity contribution in [2.45, 2.75) is 13.8 Å². The molecular weight excluding hydrogens is 283 g/mol. The van der Waals surface area contributed by atoms with Gasteiger partial charge in [-0.25, -0.2) is 4.39 Å². The van der Waals surface area contributed by atoms with Crippen LogP contribution < -0.4 is 0 Å². The van der Waals surface area contributed by atoms with Gasteiger partial charge in [0.25, 0.3) is 0 Å². The predicted octanol–water partition coefficient (Wildman–Crippen LogP) is 2.31. The maximum atomic E-state index is 13.7. The van der Waals surface area contributed by atoms with Gasteiger partial charge in [0.05, 0.1) is 0 Å². The minimum atomic E-state index is -2.10. The number of hydrogen-bond donors (Lipinski definition) is 2. The number of hydrogen-bond acceptors (Lipinski definition) is 2. The van der Waals surface area contributed by atoms with Gasteiger partial charge in [0.1, 0.15) is 16.7 Å². The van der Waals surface area contributed by atoms with Crippen molar-refractivity contribution in [3.63, 3.8) is 0 Å². The zero-order valence-electron chi connectivity index (χ0n) is 8.62. The highest BCUT2D eigenvalue weighted by atomic mass is 79.9. The maximum Gasteiger partial charge on any atom is 0.317 e. The summed E-state index contributed by atoms with van der Waals surface area (Å²) in [7, 11) is 0. The Hall–Kier alpha value is -1.17. The third-order valence-electron chi connectivity index (χ3n) is 3.08. The van der Waals surface area contributed by atoms with Gasteiger partial charge in [0.15, 0.2) is 0 Å². The average molecular weight is 293 g/mol. The highest BCUT2D eigenvalue weighted by Crippen LogP contribution is 2.51. The summed E-state index contributed by atoms with van der Waals surface area (Å²) in [6.45, 7) is 2.24. The van der Waals surface area contributed by atoms with Crippen molar-refractivity contribution in [2.24, 2.45) is 10.8 Å². The van der Waals surface area contributed by atoms with Gasteiger partial charge in [-0.15, -0.1) is 0 Å². The highest BCUT2D eigenvalue weighted by molar-refractivity contribution is 9.11. The van der Waals surface area contributed by atoms with Gasteiger partial charge in [0.2, 0.25) is 0 Å². The van der Waals surface area contributed by atoms with Crippen molar-refractivity contribution < 1.29 is 24.2 Å². The van der Waals surface area contributed by atoms with Gasteiger partial charge in [0, 0.05) is 4.48 Å². The Balaban J connectivity index is 3.52. The Bertz CT molecular complexity index is 429. The van der Waals surface area contributed by atoms with E-state index in [2.05, 4.69) is 15.9 Å². The normalized spacial score (nSPS) is 34.0. The first-order valence-electron chi connectivity index (χ1n) is 4.39. The van der Waals surface area contributed by atoms with Crippen LogP contribution in [0.1, 0.15) is 13.8 Å². The van der Waals surface area contributed by atoms with Crippen LogP contribution in [0, 0.1) is 10.8 Å². The topological polar surface area (TPSA) is 74.6 Å². The number of carboxylic acid groups (broad SMARTS) is 2. The van der Waals surface area contributed by atoms with E-state index >= 15 is 0 Å². The second-order valence-corrected chi connectivity index (χ2v) is 4.87. The minimum absolute atomic E-state index is 0.216. The molecule has 0 saturated heterocycles. The van der Waals surface area contributed by atoms with Crippen LogP contribution in [0.4, 0.5) is 4.39 Å². The molecule has 0 amide bonds. The van der Waals surface area contributed by atoms with Crippen LogP contribution in [0.2, 0.25) is 0 Å². The molecule has 6 heteroatoms. The Morgan fingerprint density at radius 2 is 1.81 bits per heavy atom. The molecule has 0 fully saturated rings. The van der Waals surface area contributed by atoms with Crippen molar-refractivity contribution in [1.29, 1.82) is 0 Å². The molecule has 2 unspecified atom stereocenters. The molecule has 0 aromatic heterocycles. The third kappa shape index (κ3) is 1.48. The number of aliphatic carboxylic acids is 2. The van der Waals surface area contributed by atoms with Crippen LogP contribution in [0.25, 0.3) is 0 Å². The standard InChI is InChI=1S/C10H10BrFO4/c1-9(7(13)14)4-5(11)3-6(12)10(9,2)8(15)16/h3-4H,1-2H3,(H,13,14)(H,15,16). The summed E-state index contributed by atoms with van der Waals surface area (Å²) in [6.07, 6.45) is 2.16. The molecule has 1 rings (SSSR count). The van der Waals surface area contributed by atoms with Gasteiger partial charge in [-0.2, -0.15) is 0 Å². The molecule has 0 aromatic rings. The summed E-state index contributed by atoms with van der Waals surface area (Å²) in [5, 5.41) is 18.1. The predicted molar refractivity (Wildman–Crippen MR) is 57.7 cm³/mol. The molecule has 0 radical (unpaired) electrons. The number of allylic oxidation sites excluding steroid dienone is 2. The lowest BCUT2D eigenvalue weighted by Gasteiger charge is -2.39. The quantitative estimate of drug-likeness (QED) is 0.819. The smallest absolute Gasteiger partial charge is 0.317 e. The highest BCUT2D eigenvalue weighted by Gasteiger charge is 2.59. The zero-order chi connectivity index (χ0) is 12.7. The van der Waals surface area contributed by atoms with Gasteiger partial charge in [-0.05, 0) is 19.9 Å². The Morgan fingerprint density at radius 1 is 1.31 bits per heavy atom. The van der Waals surface area contributed by atoms with Crippen molar-refractivity contribution in [1.82, 2.24) is 0 Å².